The van der Waals surface area contributed by atoms with E-state index in [9.17, 15) is 0 Å². The van der Waals surface area contributed by atoms with E-state index in [-0.39, 0.29) is 30.1 Å². The van der Waals surface area contributed by atoms with Gasteiger partial charge < -0.3 is 29.6 Å². The van der Waals surface area contributed by atoms with Crippen LogP contribution in [0, 0.1) is 0 Å². The summed E-state index contributed by atoms with van der Waals surface area (Å²) in [6, 6.07) is 4.20. The fourth-order valence-corrected chi connectivity index (χ4v) is 3.09. The maximum absolute atomic E-state index is 5.89. The maximum Gasteiger partial charge on any atom is 0.191 e. The van der Waals surface area contributed by atoms with Crippen LogP contribution in [-0.4, -0.2) is 59.2 Å². The molecule has 1 heterocycles. The van der Waals surface area contributed by atoms with Crippen molar-refractivity contribution in [1.29, 1.82) is 0 Å². The van der Waals surface area contributed by atoms with Crippen molar-refractivity contribution in [3.8, 4) is 11.5 Å². The molecular formula is C21H36IN3O4. The van der Waals surface area contributed by atoms with Crippen LogP contribution >= 0.6 is 24.0 Å². The monoisotopic (exact) mass is 521 g/mol. The molecule has 0 spiro atoms. The lowest BCUT2D eigenvalue weighted by Crippen LogP contribution is -2.37. The van der Waals surface area contributed by atoms with Gasteiger partial charge in [0.05, 0.1) is 19.8 Å². The normalized spacial score (nSPS) is 15.3. The minimum Gasteiger partial charge on any atom is -0.494 e. The minimum absolute atomic E-state index is 0. The second-order valence-corrected chi connectivity index (χ2v) is 6.80. The summed E-state index contributed by atoms with van der Waals surface area (Å²) in [6.45, 7) is 8.25. The van der Waals surface area contributed by atoms with Crippen LogP contribution < -0.4 is 20.1 Å². The highest BCUT2D eigenvalue weighted by Crippen LogP contribution is 2.35. The zero-order chi connectivity index (χ0) is 20.2. The van der Waals surface area contributed by atoms with Gasteiger partial charge in [-0.05, 0) is 38.8 Å². The van der Waals surface area contributed by atoms with E-state index in [2.05, 4.69) is 34.7 Å². The topological polar surface area (TPSA) is 73.3 Å². The molecular weight excluding hydrogens is 485 g/mol. The van der Waals surface area contributed by atoms with Crippen LogP contribution in [0.3, 0.4) is 0 Å². The second-order valence-electron chi connectivity index (χ2n) is 6.80. The zero-order valence-corrected chi connectivity index (χ0v) is 20.4. The predicted molar refractivity (Wildman–Crippen MR) is 127 cm³/mol. The number of benzene rings is 1. The van der Waals surface area contributed by atoms with Crippen molar-refractivity contribution in [2.75, 3.05) is 47.1 Å². The summed E-state index contributed by atoms with van der Waals surface area (Å²) in [5.41, 5.74) is 2.29. The predicted octanol–water partition coefficient (Wildman–Crippen LogP) is 3.13. The van der Waals surface area contributed by atoms with E-state index in [1.165, 1.54) is 5.56 Å². The van der Waals surface area contributed by atoms with Crippen molar-refractivity contribution < 1.29 is 18.9 Å². The molecule has 0 aliphatic carbocycles. The Morgan fingerprint density at radius 3 is 2.76 bits per heavy atom. The number of halogens is 1. The Hall–Kier alpha value is -1.26. The van der Waals surface area contributed by atoms with E-state index < -0.39 is 0 Å². The molecule has 29 heavy (non-hydrogen) atoms. The Labute approximate surface area is 191 Å². The quantitative estimate of drug-likeness (QED) is 0.191. The van der Waals surface area contributed by atoms with Gasteiger partial charge in [-0.3, -0.25) is 4.99 Å². The summed E-state index contributed by atoms with van der Waals surface area (Å²) >= 11 is 0. The van der Waals surface area contributed by atoms with E-state index in [0.29, 0.717) is 26.4 Å². The number of hydrogen-bond donors (Lipinski definition) is 2. The molecule has 0 saturated carbocycles. The number of rotatable bonds is 12. The number of methoxy groups -OCH3 is 1. The Bertz CT molecular complexity index is 628. The van der Waals surface area contributed by atoms with Gasteiger partial charge in [0.1, 0.15) is 17.6 Å². The smallest absolute Gasteiger partial charge is 0.191 e. The fourth-order valence-electron chi connectivity index (χ4n) is 3.09. The summed E-state index contributed by atoms with van der Waals surface area (Å²) in [4.78, 5) is 4.30. The van der Waals surface area contributed by atoms with Crippen LogP contribution in [0.2, 0.25) is 0 Å². The van der Waals surface area contributed by atoms with Gasteiger partial charge in [0, 0.05) is 51.4 Å². The molecule has 166 valence electrons. The Balaban J connectivity index is 0.00000420. The van der Waals surface area contributed by atoms with Gasteiger partial charge in [0.15, 0.2) is 5.96 Å². The van der Waals surface area contributed by atoms with Crippen LogP contribution in [-0.2, 0) is 22.4 Å². The Morgan fingerprint density at radius 2 is 2.03 bits per heavy atom. The highest BCUT2D eigenvalue weighted by atomic mass is 127. The highest BCUT2D eigenvalue weighted by molar-refractivity contribution is 14.0. The van der Waals surface area contributed by atoms with Gasteiger partial charge in [-0.2, -0.15) is 0 Å². The number of aliphatic imine (C=N–C) groups is 1. The van der Waals surface area contributed by atoms with Crippen LogP contribution in [0.15, 0.2) is 17.1 Å². The van der Waals surface area contributed by atoms with Crippen molar-refractivity contribution >= 4 is 29.9 Å². The van der Waals surface area contributed by atoms with E-state index in [1.807, 2.05) is 6.92 Å². The SMILES string of the molecule is CCOc1cc2c(cc1CNC(=NC)NCCCCOCCOC)OC(C)C2.I. The van der Waals surface area contributed by atoms with Gasteiger partial charge in [-0.1, -0.05) is 0 Å². The lowest BCUT2D eigenvalue weighted by atomic mass is 10.1. The maximum atomic E-state index is 5.89. The Kier molecular flexibility index (Phi) is 13.0. The molecule has 1 aliphatic rings. The summed E-state index contributed by atoms with van der Waals surface area (Å²) in [5.74, 6) is 2.65. The molecule has 1 aromatic carbocycles. The molecule has 1 aliphatic heterocycles. The van der Waals surface area contributed by atoms with Crippen molar-refractivity contribution in [2.45, 2.75) is 45.8 Å². The Morgan fingerprint density at radius 1 is 1.21 bits per heavy atom. The van der Waals surface area contributed by atoms with Crippen molar-refractivity contribution in [2.24, 2.45) is 4.99 Å². The first kappa shape index (κ1) is 25.8. The van der Waals surface area contributed by atoms with Gasteiger partial charge in [-0.25, -0.2) is 0 Å². The van der Waals surface area contributed by atoms with Crippen molar-refractivity contribution in [3.63, 3.8) is 0 Å². The van der Waals surface area contributed by atoms with Crippen molar-refractivity contribution in [1.82, 2.24) is 10.6 Å². The third-order valence-electron chi connectivity index (χ3n) is 4.49. The molecule has 1 aromatic rings. The lowest BCUT2D eigenvalue weighted by molar-refractivity contribution is 0.0689. The number of unbranched alkanes of at least 4 members (excludes halogenated alkanes) is 1. The van der Waals surface area contributed by atoms with E-state index in [0.717, 1.165) is 55.4 Å². The zero-order valence-electron chi connectivity index (χ0n) is 18.1. The molecule has 0 bridgehead atoms. The van der Waals surface area contributed by atoms with Gasteiger partial charge in [0.25, 0.3) is 0 Å². The first-order valence-electron chi connectivity index (χ1n) is 10.1. The number of hydrogen-bond acceptors (Lipinski definition) is 5. The van der Waals surface area contributed by atoms with E-state index in [1.54, 1.807) is 14.2 Å². The molecule has 7 nitrogen and oxygen atoms in total. The molecule has 1 atom stereocenters. The molecule has 2 rings (SSSR count). The molecule has 2 N–H and O–H groups in total. The molecule has 0 saturated heterocycles. The van der Waals surface area contributed by atoms with Gasteiger partial charge >= 0.3 is 0 Å². The number of nitrogens with one attached hydrogen (secondary N) is 2. The summed E-state index contributed by atoms with van der Waals surface area (Å²) in [6.07, 6.45) is 3.17. The fraction of sp³-hybridized carbons (Fsp3) is 0.667. The first-order valence-corrected chi connectivity index (χ1v) is 10.1. The number of fused-ring (bicyclic) bond motifs is 1. The number of nitrogens with zero attached hydrogens (tertiary/aromatic N) is 1. The van der Waals surface area contributed by atoms with Gasteiger partial charge in [-0.15, -0.1) is 24.0 Å². The standard InChI is InChI=1S/C21H35N3O4.HI/c1-5-27-19-13-17-12-16(2)28-20(17)14-18(19)15-24-21(22-3)23-8-6-7-9-26-11-10-25-4;/h13-14,16H,5-12,15H2,1-4H3,(H2,22,23,24);1H. The molecule has 0 radical (unpaired) electrons. The lowest BCUT2D eigenvalue weighted by Gasteiger charge is -2.15. The van der Waals surface area contributed by atoms with Crippen LogP contribution in [0.1, 0.15) is 37.8 Å². The summed E-state index contributed by atoms with van der Waals surface area (Å²) in [5, 5.41) is 6.70. The molecule has 0 fully saturated rings. The van der Waals surface area contributed by atoms with Crippen LogP contribution in [0.5, 0.6) is 11.5 Å². The molecule has 0 amide bonds. The third kappa shape index (κ3) is 8.96. The third-order valence-corrected chi connectivity index (χ3v) is 4.49. The summed E-state index contributed by atoms with van der Waals surface area (Å²) < 4.78 is 22.2. The molecule has 1 unspecified atom stereocenters. The summed E-state index contributed by atoms with van der Waals surface area (Å²) in [7, 11) is 3.46. The van der Waals surface area contributed by atoms with Gasteiger partial charge in [0.2, 0.25) is 0 Å². The van der Waals surface area contributed by atoms with E-state index >= 15 is 0 Å². The number of ether oxygens (including phenoxy) is 4. The van der Waals surface area contributed by atoms with Crippen molar-refractivity contribution in [3.05, 3.63) is 23.3 Å². The van der Waals surface area contributed by atoms with E-state index in [4.69, 9.17) is 18.9 Å². The first-order chi connectivity index (χ1) is 13.7. The molecule has 8 heteroatoms. The second kappa shape index (κ2) is 14.7. The average molecular weight is 521 g/mol. The van der Waals surface area contributed by atoms with Crippen LogP contribution in [0.4, 0.5) is 0 Å². The minimum atomic E-state index is 0. The highest BCUT2D eigenvalue weighted by Gasteiger charge is 2.21. The molecule has 0 aromatic heterocycles. The largest absolute Gasteiger partial charge is 0.494 e. The number of guanidine groups is 1. The van der Waals surface area contributed by atoms with Crippen LogP contribution in [0.25, 0.3) is 0 Å². The average Bonchev–Trinajstić information content (AvgIpc) is 3.05.